The van der Waals surface area contributed by atoms with Crippen LogP contribution in [0.25, 0.3) is 0 Å². The quantitative estimate of drug-likeness (QED) is 0.234. The maximum absolute atomic E-state index is 15.0. The zero-order chi connectivity index (χ0) is 32.3. The smallest absolute Gasteiger partial charge is 0.409 e. The number of amides is 3. The van der Waals surface area contributed by atoms with Crippen molar-refractivity contribution >= 4 is 39.1 Å². The number of carbonyl (C=O) groups excluding carboxylic acids is 2. The maximum Gasteiger partial charge on any atom is 0.409 e. The average molecular weight is 629 g/mol. The highest BCUT2D eigenvalue weighted by Gasteiger charge is 2.38. The number of benzene rings is 3. The van der Waals surface area contributed by atoms with Crippen molar-refractivity contribution in [2.75, 3.05) is 17.2 Å². The van der Waals surface area contributed by atoms with Gasteiger partial charge in [0.1, 0.15) is 17.7 Å². The summed E-state index contributed by atoms with van der Waals surface area (Å²) in [4.78, 5) is 39.0. The molecular formula is C31H34F2N4O6S. The number of rotatable bonds is 10. The van der Waals surface area contributed by atoms with Crippen LogP contribution in [0.4, 0.5) is 25.0 Å². The third-order valence-corrected chi connectivity index (χ3v) is 9.89. The molecule has 44 heavy (non-hydrogen) atoms. The normalized spacial score (nSPS) is 15.7. The van der Waals surface area contributed by atoms with E-state index in [1.165, 1.54) is 67.3 Å². The van der Waals surface area contributed by atoms with Gasteiger partial charge < -0.3 is 21.1 Å². The van der Waals surface area contributed by atoms with Crippen LogP contribution in [0.15, 0.2) is 59.5 Å². The number of hydrogen-bond donors (Lipinski definition) is 4. The molecule has 3 aromatic rings. The molecule has 1 saturated heterocycles. The van der Waals surface area contributed by atoms with Crippen LogP contribution < -0.4 is 16.4 Å². The number of likely N-dealkylation sites (tertiary alicyclic amines) is 1. The lowest BCUT2D eigenvalue weighted by atomic mass is 9.98. The first-order chi connectivity index (χ1) is 20.7. The second kappa shape index (κ2) is 13.0. The SMILES string of the molecule is CCc1cc([C@@H](Nc2cc(C(N)=O)ccc2F)C(=O)N2CCC[C@@H]2c2cc(NC(=O)O)ccc2S(=O)(=O)C(C)C)ccc1F. The zero-order valence-corrected chi connectivity index (χ0v) is 25.3. The molecule has 5 N–H and O–H groups in total. The van der Waals surface area contributed by atoms with Crippen molar-refractivity contribution in [2.24, 2.45) is 5.73 Å². The highest BCUT2D eigenvalue weighted by atomic mass is 32.2. The van der Waals surface area contributed by atoms with E-state index in [0.717, 1.165) is 6.07 Å². The van der Waals surface area contributed by atoms with Crippen LogP contribution in [0.2, 0.25) is 0 Å². The first-order valence-corrected chi connectivity index (χ1v) is 15.6. The van der Waals surface area contributed by atoms with Crippen molar-refractivity contribution in [3.05, 3.63) is 88.5 Å². The molecule has 1 aliphatic rings. The van der Waals surface area contributed by atoms with Crippen molar-refractivity contribution in [3.8, 4) is 0 Å². The number of aryl methyl sites for hydroxylation is 1. The molecule has 1 fully saturated rings. The van der Waals surface area contributed by atoms with Gasteiger partial charge in [0, 0.05) is 17.8 Å². The zero-order valence-electron chi connectivity index (χ0n) is 24.4. The molecule has 0 spiro atoms. The van der Waals surface area contributed by atoms with Gasteiger partial charge in [-0.2, -0.15) is 0 Å². The first-order valence-electron chi connectivity index (χ1n) is 14.1. The largest absolute Gasteiger partial charge is 0.465 e. The molecule has 0 unspecified atom stereocenters. The van der Waals surface area contributed by atoms with Gasteiger partial charge >= 0.3 is 6.09 Å². The molecule has 0 bridgehead atoms. The van der Waals surface area contributed by atoms with Gasteiger partial charge in [0.15, 0.2) is 9.84 Å². The van der Waals surface area contributed by atoms with Crippen LogP contribution in [0.5, 0.6) is 0 Å². The Labute approximate surface area is 254 Å². The molecule has 234 valence electrons. The number of nitrogens with two attached hydrogens (primary N) is 1. The van der Waals surface area contributed by atoms with Gasteiger partial charge in [0.2, 0.25) is 11.8 Å². The lowest BCUT2D eigenvalue weighted by Crippen LogP contribution is -2.38. The van der Waals surface area contributed by atoms with Crippen LogP contribution in [0, 0.1) is 11.6 Å². The predicted molar refractivity (Wildman–Crippen MR) is 161 cm³/mol. The minimum Gasteiger partial charge on any atom is -0.465 e. The van der Waals surface area contributed by atoms with Crippen molar-refractivity contribution < 1.29 is 36.7 Å². The van der Waals surface area contributed by atoms with Gasteiger partial charge in [-0.25, -0.2) is 22.0 Å². The summed E-state index contributed by atoms with van der Waals surface area (Å²) in [5, 5.41) is 13.6. The lowest BCUT2D eigenvalue weighted by molar-refractivity contribution is -0.133. The second-order valence-corrected chi connectivity index (χ2v) is 13.3. The van der Waals surface area contributed by atoms with Crippen LogP contribution in [0.1, 0.15) is 72.7 Å². The summed E-state index contributed by atoms with van der Waals surface area (Å²) in [6.45, 7) is 5.00. The summed E-state index contributed by atoms with van der Waals surface area (Å²) >= 11 is 0. The molecule has 10 nitrogen and oxygen atoms in total. The van der Waals surface area contributed by atoms with E-state index < -0.39 is 56.7 Å². The molecule has 3 amide bonds. The topological polar surface area (TPSA) is 159 Å². The van der Waals surface area contributed by atoms with Gasteiger partial charge in [-0.15, -0.1) is 0 Å². The van der Waals surface area contributed by atoms with E-state index in [9.17, 15) is 36.7 Å². The van der Waals surface area contributed by atoms with Gasteiger partial charge in [0.05, 0.1) is 21.9 Å². The fourth-order valence-corrected chi connectivity index (χ4v) is 6.61. The summed E-state index contributed by atoms with van der Waals surface area (Å²) in [7, 11) is -3.86. The van der Waals surface area contributed by atoms with Gasteiger partial charge in [-0.3, -0.25) is 14.9 Å². The van der Waals surface area contributed by atoms with Crippen LogP contribution >= 0.6 is 0 Å². The number of anilines is 2. The fourth-order valence-electron chi connectivity index (χ4n) is 5.32. The molecule has 13 heteroatoms. The molecule has 1 heterocycles. The number of nitrogens with zero attached hydrogens (tertiary/aromatic N) is 1. The van der Waals surface area contributed by atoms with Gasteiger partial charge in [-0.1, -0.05) is 19.1 Å². The molecule has 0 aliphatic carbocycles. The monoisotopic (exact) mass is 628 g/mol. The van der Waals surface area contributed by atoms with Crippen molar-refractivity contribution in [2.45, 2.75) is 62.3 Å². The summed E-state index contributed by atoms with van der Waals surface area (Å²) in [5.74, 6) is -2.61. The summed E-state index contributed by atoms with van der Waals surface area (Å²) in [6, 6.07) is 9.55. The Bertz CT molecular complexity index is 1710. The molecular weight excluding hydrogens is 594 g/mol. The highest BCUT2D eigenvalue weighted by Crippen LogP contribution is 2.40. The highest BCUT2D eigenvalue weighted by molar-refractivity contribution is 7.92. The standard InChI is InChI=1S/C31H34F2N4O6S/c1-4-18-14-19(7-10-23(18)32)28(36-25-15-20(29(34)38)8-11-24(25)33)30(39)37-13-5-6-26(37)22-16-21(35-31(40)41)9-12-27(22)44(42,43)17(2)3/h7-12,14-17,26,28,35-36H,4-6,13H2,1-3H3,(H2,34,38)(H,40,41)/t26-,28-/m1/s1. The Hall–Kier alpha value is -4.52. The van der Waals surface area contributed by atoms with Gasteiger partial charge in [0.25, 0.3) is 0 Å². The summed E-state index contributed by atoms with van der Waals surface area (Å²) in [5.41, 5.74) is 6.21. The van der Waals surface area contributed by atoms with Crippen LogP contribution in [-0.2, 0) is 21.1 Å². The Morgan fingerprint density at radius 2 is 1.75 bits per heavy atom. The molecule has 0 aromatic heterocycles. The summed E-state index contributed by atoms with van der Waals surface area (Å²) in [6.07, 6.45) is -0.166. The second-order valence-electron chi connectivity index (χ2n) is 10.8. The van der Waals surface area contributed by atoms with E-state index in [-0.39, 0.29) is 33.9 Å². The number of sulfone groups is 1. The van der Waals surface area contributed by atoms with Crippen molar-refractivity contribution in [3.63, 3.8) is 0 Å². The molecule has 4 rings (SSSR count). The Balaban J connectivity index is 1.84. The molecule has 2 atom stereocenters. The average Bonchev–Trinajstić information content (AvgIpc) is 3.46. The van der Waals surface area contributed by atoms with E-state index in [1.807, 2.05) is 0 Å². The van der Waals surface area contributed by atoms with Gasteiger partial charge in [-0.05, 0) is 92.3 Å². The molecule has 3 aromatic carbocycles. The minimum atomic E-state index is -3.86. The molecule has 0 saturated carbocycles. The number of carboxylic acid groups (broad SMARTS) is 1. The van der Waals surface area contributed by atoms with Crippen molar-refractivity contribution in [1.82, 2.24) is 4.90 Å². The maximum atomic E-state index is 15.0. The minimum absolute atomic E-state index is 0.00113. The van der Waals surface area contributed by atoms with E-state index in [0.29, 0.717) is 30.4 Å². The number of carbonyl (C=O) groups is 3. The van der Waals surface area contributed by atoms with Crippen molar-refractivity contribution in [1.29, 1.82) is 0 Å². The molecule has 1 aliphatic heterocycles. The number of primary amides is 1. The predicted octanol–water partition coefficient (Wildman–Crippen LogP) is 5.42. The lowest BCUT2D eigenvalue weighted by Gasteiger charge is -2.32. The summed E-state index contributed by atoms with van der Waals surface area (Å²) < 4.78 is 56.2. The Morgan fingerprint density at radius 1 is 1.05 bits per heavy atom. The number of nitrogens with one attached hydrogen (secondary N) is 2. The third kappa shape index (κ3) is 6.67. The van der Waals surface area contributed by atoms with E-state index in [2.05, 4.69) is 10.6 Å². The first kappa shape index (κ1) is 32.4. The molecule has 0 radical (unpaired) electrons. The van der Waals surface area contributed by atoms with Crippen LogP contribution in [0.3, 0.4) is 0 Å². The Morgan fingerprint density at radius 3 is 2.39 bits per heavy atom. The third-order valence-electron chi connectivity index (χ3n) is 7.66. The van der Waals surface area contributed by atoms with E-state index >= 15 is 0 Å². The number of halogens is 2. The van der Waals surface area contributed by atoms with Crippen LogP contribution in [-0.4, -0.2) is 48.1 Å². The van der Waals surface area contributed by atoms with E-state index in [1.54, 1.807) is 6.92 Å². The van der Waals surface area contributed by atoms with E-state index in [4.69, 9.17) is 5.73 Å². The number of hydrogen-bond acceptors (Lipinski definition) is 6. The Kier molecular flexibility index (Phi) is 9.57. The fraction of sp³-hybridized carbons (Fsp3) is 0.323.